The van der Waals surface area contributed by atoms with E-state index in [4.69, 9.17) is 4.74 Å². The number of carbonyl (C=O) groups excluding carboxylic acids is 1. The molecule has 100 valence electrons. The number of amides is 1. The number of piperidine rings is 1. The molecule has 0 aromatic rings. The van der Waals surface area contributed by atoms with E-state index in [1.165, 1.54) is 12.8 Å². The summed E-state index contributed by atoms with van der Waals surface area (Å²) in [6.45, 7) is 7.47. The third kappa shape index (κ3) is 6.64. The predicted octanol–water partition coefficient (Wildman–Crippen LogP) is 1.31. The first-order valence-electron chi connectivity index (χ1n) is 6.80. The maximum absolute atomic E-state index is 11.7. The summed E-state index contributed by atoms with van der Waals surface area (Å²) in [6.07, 6.45) is 4.10. The molecule has 1 amide bonds. The first kappa shape index (κ1) is 14.5. The molecule has 1 aliphatic rings. The molecule has 2 N–H and O–H groups in total. The molecule has 0 bridgehead atoms. The van der Waals surface area contributed by atoms with Gasteiger partial charge in [-0.2, -0.15) is 0 Å². The van der Waals surface area contributed by atoms with E-state index in [-0.39, 0.29) is 11.9 Å². The van der Waals surface area contributed by atoms with Crippen molar-refractivity contribution < 1.29 is 9.53 Å². The van der Waals surface area contributed by atoms with Gasteiger partial charge in [-0.15, -0.1) is 0 Å². The number of carbonyl (C=O) groups is 1. The SMILES string of the molecule is CCOCC(C)NC(=O)CCC1CCNCC1. The monoisotopic (exact) mass is 242 g/mol. The molecule has 1 saturated heterocycles. The largest absolute Gasteiger partial charge is 0.380 e. The van der Waals surface area contributed by atoms with Crippen molar-refractivity contribution in [3.63, 3.8) is 0 Å². The van der Waals surface area contributed by atoms with Gasteiger partial charge < -0.3 is 15.4 Å². The Morgan fingerprint density at radius 3 is 2.82 bits per heavy atom. The zero-order valence-corrected chi connectivity index (χ0v) is 11.1. The molecule has 0 aliphatic carbocycles. The number of hydrogen-bond donors (Lipinski definition) is 2. The van der Waals surface area contributed by atoms with E-state index < -0.39 is 0 Å². The number of rotatable bonds is 7. The van der Waals surface area contributed by atoms with Gasteiger partial charge in [0.2, 0.25) is 5.91 Å². The molecule has 17 heavy (non-hydrogen) atoms. The lowest BCUT2D eigenvalue weighted by molar-refractivity contribution is -0.122. The van der Waals surface area contributed by atoms with Crippen molar-refractivity contribution in [2.45, 2.75) is 45.6 Å². The zero-order chi connectivity index (χ0) is 12.5. The summed E-state index contributed by atoms with van der Waals surface area (Å²) in [5.41, 5.74) is 0. The number of ether oxygens (including phenoxy) is 1. The van der Waals surface area contributed by atoms with Crippen LogP contribution < -0.4 is 10.6 Å². The highest BCUT2D eigenvalue weighted by atomic mass is 16.5. The second-order valence-corrected chi connectivity index (χ2v) is 4.86. The Morgan fingerprint density at radius 2 is 2.18 bits per heavy atom. The third-order valence-electron chi connectivity index (χ3n) is 3.22. The van der Waals surface area contributed by atoms with Gasteiger partial charge in [-0.25, -0.2) is 0 Å². The van der Waals surface area contributed by atoms with E-state index in [0.717, 1.165) is 25.4 Å². The lowest BCUT2D eigenvalue weighted by Crippen LogP contribution is -2.36. The average Bonchev–Trinajstić information content (AvgIpc) is 2.35. The van der Waals surface area contributed by atoms with Crippen molar-refractivity contribution in [3.05, 3.63) is 0 Å². The molecule has 4 nitrogen and oxygen atoms in total. The molecule has 4 heteroatoms. The van der Waals surface area contributed by atoms with E-state index in [1.807, 2.05) is 13.8 Å². The van der Waals surface area contributed by atoms with Gasteiger partial charge in [0, 0.05) is 19.1 Å². The highest BCUT2D eigenvalue weighted by Gasteiger charge is 2.15. The van der Waals surface area contributed by atoms with Crippen LogP contribution in [0.2, 0.25) is 0 Å². The van der Waals surface area contributed by atoms with E-state index in [9.17, 15) is 4.79 Å². The van der Waals surface area contributed by atoms with Crippen molar-refractivity contribution in [2.24, 2.45) is 5.92 Å². The third-order valence-corrected chi connectivity index (χ3v) is 3.22. The molecule has 0 spiro atoms. The Hall–Kier alpha value is -0.610. The van der Waals surface area contributed by atoms with Gasteiger partial charge in [0.1, 0.15) is 0 Å². The topological polar surface area (TPSA) is 50.4 Å². The minimum atomic E-state index is 0.121. The van der Waals surface area contributed by atoms with Crippen LogP contribution in [-0.4, -0.2) is 38.3 Å². The van der Waals surface area contributed by atoms with Gasteiger partial charge in [0.15, 0.2) is 0 Å². The van der Waals surface area contributed by atoms with Crippen LogP contribution in [-0.2, 0) is 9.53 Å². The smallest absolute Gasteiger partial charge is 0.220 e. The van der Waals surface area contributed by atoms with Crippen molar-refractivity contribution in [1.82, 2.24) is 10.6 Å². The van der Waals surface area contributed by atoms with Crippen molar-refractivity contribution >= 4 is 5.91 Å². The van der Waals surface area contributed by atoms with Crippen LogP contribution in [0.4, 0.5) is 0 Å². The van der Waals surface area contributed by atoms with Gasteiger partial charge in [0.05, 0.1) is 6.61 Å². The Bertz CT molecular complexity index is 215. The van der Waals surface area contributed by atoms with Crippen LogP contribution in [0.15, 0.2) is 0 Å². The summed E-state index contributed by atoms with van der Waals surface area (Å²) in [6, 6.07) is 0.121. The molecule has 1 rings (SSSR count). The van der Waals surface area contributed by atoms with Gasteiger partial charge in [-0.05, 0) is 52.1 Å². The maximum Gasteiger partial charge on any atom is 0.220 e. The summed E-state index contributed by atoms with van der Waals surface area (Å²) < 4.78 is 5.27. The molecule has 0 saturated carbocycles. The molecule has 1 unspecified atom stereocenters. The van der Waals surface area contributed by atoms with Gasteiger partial charge in [-0.1, -0.05) is 0 Å². The van der Waals surface area contributed by atoms with Crippen molar-refractivity contribution in [3.8, 4) is 0 Å². The number of hydrogen-bond acceptors (Lipinski definition) is 3. The standard InChI is InChI=1S/C13H26N2O2/c1-3-17-10-11(2)15-13(16)5-4-12-6-8-14-9-7-12/h11-12,14H,3-10H2,1-2H3,(H,15,16). The van der Waals surface area contributed by atoms with Crippen LogP contribution in [0.3, 0.4) is 0 Å². The molecule has 0 aromatic carbocycles. The van der Waals surface area contributed by atoms with Crippen LogP contribution in [0.25, 0.3) is 0 Å². The minimum Gasteiger partial charge on any atom is -0.380 e. The number of nitrogens with one attached hydrogen (secondary N) is 2. The second kappa shape index (κ2) is 8.48. The van der Waals surface area contributed by atoms with Gasteiger partial charge in [-0.3, -0.25) is 4.79 Å². The lowest BCUT2D eigenvalue weighted by Gasteiger charge is -2.22. The summed E-state index contributed by atoms with van der Waals surface area (Å²) in [5, 5.41) is 6.32. The Balaban J connectivity index is 2.07. The second-order valence-electron chi connectivity index (χ2n) is 4.86. The fourth-order valence-electron chi connectivity index (χ4n) is 2.19. The van der Waals surface area contributed by atoms with E-state index in [1.54, 1.807) is 0 Å². The van der Waals surface area contributed by atoms with Crippen molar-refractivity contribution in [2.75, 3.05) is 26.3 Å². The maximum atomic E-state index is 11.7. The van der Waals surface area contributed by atoms with Crippen LogP contribution >= 0.6 is 0 Å². The van der Waals surface area contributed by atoms with Crippen LogP contribution in [0.5, 0.6) is 0 Å². The van der Waals surface area contributed by atoms with E-state index in [0.29, 0.717) is 19.6 Å². The van der Waals surface area contributed by atoms with Crippen LogP contribution in [0.1, 0.15) is 39.5 Å². The van der Waals surface area contributed by atoms with E-state index in [2.05, 4.69) is 10.6 Å². The van der Waals surface area contributed by atoms with Crippen LogP contribution in [0, 0.1) is 5.92 Å². The molecule has 1 aliphatic heterocycles. The molecular formula is C13H26N2O2. The molecule has 0 aromatic heterocycles. The fraction of sp³-hybridized carbons (Fsp3) is 0.923. The Morgan fingerprint density at radius 1 is 1.47 bits per heavy atom. The first-order valence-corrected chi connectivity index (χ1v) is 6.80. The molecule has 0 radical (unpaired) electrons. The highest BCUT2D eigenvalue weighted by molar-refractivity contribution is 5.76. The average molecular weight is 242 g/mol. The van der Waals surface area contributed by atoms with E-state index >= 15 is 0 Å². The van der Waals surface area contributed by atoms with Gasteiger partial charge in [0.25, 0.3) is 0 Å². The Labute approximate surface area is 104 Å². The van der Waals surface area contributed by atoms with Gasteiger partial charge >= 0.3 is 0 Å². The molecule has 1 atom stereocenters. The lowest BCUT2D eigenvalue weighted by atomic mass is 9.93. The zero-order valence-electron chi connectivity index (χ0n) is 11.1. The Kier molecular flexibility index (Phi) is 7.21. The fourth-order valence-corrected chi connectivity index (χ4v) is 2.19. The molecule has 1 heterocycles. The highest BCUT2D eigenvalue weighted by Crippen LogP contribution is 2.17. The van der Waals surface area contributed by atoms with Crippen molar-refractivity contribution in [1.29, 1.82) is 0 Å². The predicted molar refractivity (Wildman–Crippen MR) is 68.9 cm³/mol. The molecule has 1 fully saturated rings. The molecular weight excluding hydrogens is 216 g/mol. The normalized spacial score (nSPS) is 18.9. The first-order chi connectivity index (χ1) is 8.22. The summed E-state index contributed by atoms with van der Waals surface area (Å²) >= 11 is 0. The summed E-state index contributed by atoms with van der Waals surface area (Å²) in [7, 11) is 0. The summed E-state index contributed by atoms with van der Waals surface area (Å²) in [5.74, 6) is 0.889. The minimum absolute atomic E-state index is 0.121. The quantitative estimate of drug-likeness (QED) is 0.707. The summed E-state index contributed by atoms with van der Waals surface area (Å²) in [4.78, 5) is 11.7.